The minimum Gasteiger partial charge on any atom is -0.507 e. The average Bonchev–Trinajstić information content (AvgIpc) is 3.12. The average molecular weight is 552 g/mol. The number of carboxylic acid groups (broad SMARTS) is 1. The van der Waals surface area contributed by atoms with Gasteiger partial charge >= 0.3 is 5.97 Å². The number of aromatic hydroxyl groups is 3. The SMILES string of the molecule is Cc1cc(-c2cccc(/C=C3\SC(=S)N(CCC(=O)Nc4ccc(C(=O)O)c(O)c4)C3=O)n2)cc(O)c1O. The number of hydrogen-bond acceptors (Lipinski definition) is 9. The van der Waals surface area contributed by atoms with Gasteiger partial charge in [0, 0.05) is 30.3 Å². The molecule has 0 atom stereocenters. The van der Waals surface area contributed by atoms with Gasteiger partial charge in [0.1, 0.15) is 15.6 Å². The van der Waals surface area contributed by atoms with Crippen molar-refractivity contribution in [3.05, 3.63) is 70.3 Å². The first-order valence-corrected chi connectivity index (χ1v) is 12.4. The number of nitrogens with zero attached hydrogens (tertiary/aromatic N) is 2. The molecule has 1 aliphatic heterocycles. The van der Waals surface area contributed by atoms with E-state index in [9.17, 15) is 29.7 Å². The van der Waals surface area contributed by atoms with Gasteiger partial charge in [-0.15, -0.1) is 0 Å². The third-order valence-electron chi connectivity index (χ3n) is 5.57. The Morgan fingerprint density at radius 1 is 1.11 bits per heavy atom. The summed E-state index contributed by atoms with van der Waals surface area (Å²) in [5.74, 6) is -3.05. The van der Waals surface area contributed by atoms with Gasteiger partial charge in [-0.05, 0) is 55.0 Å². The van der Waals surface area contributed by atoms with Gasteiger partial charge in [0.15, 0.2) is 11.5 Å². The van der Waals surface area contributed by atoms with Crippen molar-refractivity contribution < 1.29 is 34.8 Å². The van der Waals surface area contributed by atoms with Gasteiger partial charge in [0.25, 0.3) is 5.91 Å². The summed E-state index contributed by atoms with van der Waals surface area (Å²) < 4.78 is 0.285. The van der Waals surface area contributed by atoms with Gasteiger partial charge in [-0.25, -0.2) is 9.78 Å². The fraction of sp³-hybridized carbons (Fsp3) is 0.115. The lowest BCUT2D eigenvalue weighted by atomic mass is 10.1. The van der Waals surface area contributed by atoms with Crippen LogP contribution in [0.1, 0.15) is 28.0 Å². The van der Waals surface area contributed by atoms with Crippen molar-refractivity contribution in [2.75, 3.05) is 11.9 Å². The number of thioether (sulfide) groups is 1. The Labute approximate surface area is 226 Å². The van der Waals surface area contributed by atoms with Gasteiger partial charge in [-0.2, -0.15) is 0 Å². The molecule has 10 nitrogen and oxygen atoms in total. The molecule has 3 aromatic rings. The van der Waals surface area contributed by atoms with E-state index in [0.717, 1.165) is 17.8 Å². The topological polar surface area (TPSA) is 160 Å². The number of hydrogen-bond donors (Lipinski definition) is 5. The maximum atomic E-state index is 13.0. The number of aromatic nitrogens is 1. The predicted octanol–water partition coefficient (Wildman–Crippen LogP) is 4.10. The third-order valence-corrected chi connectivity index (χ3v) is 6.95. The number of amides is 2. The second-order valence-corrected chi connectivity index (χ2v) is 9.95. The molecule has 1 aliphatic rings. The van der Waals surface area contributed by atoms with E-state index >= 15 is 0 Å². The molecule has 2 amide bonds. The van der Waals surface area contributed by atoms with Crippen LogP contribution in [0, 0.1) is 6.92 Å². The quantitative estimate of drug-likeness (QED) is 0.164. The number of thiocarbonyl (C=S) groups is 1. The Morgan fingerprint density at radius 2 is 1.87 bits per heavy atom. The van der Waals surface area contributed by atoms with Crippen molar-refractivity contribution in [1.82, 2.24) is 9.88 Å². The highest BCUT2D eigenvalue weighted by atomic mass is 32.2. The summed E-state index contributed by atoms with van der Waals surface area (Å²) in [7, 11) is 0. The van der Waals surface area contributed by atoms with Gasteiger partial charge in [-0.1, -0.05) is 30.0 Å². The highest BCUT2D eigenvalue weighted by molar-refractivity contribution is 8.26. The molecular weight excluding hydrogens is 530 g/mol. The van der Waals surface area contributed by atoms with Crippen LogP contribution in [-0.2, 0) is 9.59 Å². The first-order chi connectivity index (χ1) is 18.0. The summed E-state index contributed by atoms with van der Waals surface area (Å²) in [5.41, 5.74) is 2.03. The van der Waals surface area contributed by atoms with E-state index in [2.05, 4.69) is 10.3 Å². The van der Waals surface area contributed by atoms with Crippen LogP contribution in [-0.4, -0.2) is 59.0 Å². The van der Waals surface area contributed by atoms with Crippen LogP contribution in [0.5, 0.6) is 17.2 Å². The molecule has 1 aromatic heterocycles. The molecule has 0 radical (unpaired) electrons. The Bertz CT molecular complexity index is 1500. The standard InChI is InChI=1S/C26H21N3O7S2/c1-13-9-14(10-20(31)23(13)33)18-4-2-3-15(27-18)12-21-24(34)29(26(37)38-21)8-7-22(32)28-16-5-6-17(25(35)36)19(30)11-16/h2-6,9-12,30-31,33H,7-8H2,1H3,(H,28,32)(H,35,36)/b21-12-. The molecule has 2 aromatic carbocycles. The lowest BCUT2D eigenvalue weighted by Gasteiger charge is -2.14. The molecule has 1 saturated heterocycles. The molecule has 12 heteroatoms. The van der Waals surface area contributed by atoms with E-state index in [1.807, 2.05) is 0 Å². The second kappa shape index (κ2) is 10.9. The summed E-state index contributed by atoms with van der Waals surface area (Å²) in [6, 6.07) is 11.9. The van der Waals surface area contributed by atoms with E-state index in [0.29, 0.717) is 27.4 Å². The Hall–Kier alpha value is -4.42. The molecule has 5 N–H and O–H groups in total. The maximum absolute atomic E-state index is 13.0. The fourth-order valence-electron chi connectivity index (χ4n) is 3.66. The van der Waals surface area contributed by atoms with Crippen LogP contribution >= 0.6 is 24.0 Å². The van der Waals surface area contributed by atoms with Crippen molar-refractivity contribution in [2.24, 2.45) is 0 Å². The largest absolute Gasteiger partial charge is 0.507 e. The summed E-state index contributed by atoms with van der Waals surface area (Å²) in [5, 5.41) is 41.0. The number of carbonyl (C=O) groups excluding carboxylic acids is 2. The van der Waals surface area contributed by atoms with Crippen LogP contribution in [0.2, 0.25) is 0 Å². The molecule has 38 heavy (non-hydrogen) atoms. The number of phenols is 3. The van der Waals surface area contributed by atoms with Crippen LogP contribution in [0.15, 0.2) is 53.4 Å². The van der Waals surface area contributed by atoms with Crippen LogP contribution in [0.3, 0.4) is 0 Å². The molecule has 0 unspecified atom stereocenters. The minimum atomic E-state index is -1.29. The smallest absolute Gasteiger partial charge is 0.339 e. The predicted molar refractivity (Wildman–Crippen MR) is 146 cm³/mol. The number of benzene rings is 2. The molecule has 4 rings (SSSR count). The normalized spacial score (nSPS) is 14.2. The summed E-state index contributed by atoms with van der Waals surface area (Å²) >= 11 is 6.41. The monoisotopic (exact) mass is 551 g/mol. The Kier molecular flexibility index (Phi) is 7.65. The second-order valence-electron chi connectivity index (χ2n) is 8.28. The van der Waals surface area contributed by atoms with Crippen LogP contribution in [0.4, 0.5) is 5.69 Å². The van der Waals surface area contributed by atoms with Gasteiger partial charge in [-0.3, -0.25) is 14.5 Å². The molecule has 1 fully saturated rings. The van der Waals surface area contributed by atoms with E-state index in [1.54, 1.807) is 37.3 Å². The molecule has 0 spiro atoms. The first-order valence-electron chi connectivity index (χ1n) is 11.1. The van der Waals surface area contributed by atoms with Gasteiger partial charge in [0.2, 0.25) is 5.91 Å². The van der Waals surface area contributed by atoms with Crippen molar-refractivity contribution in [3.63, 3.8) is 0 Å². The van der Waals surface area contributed by atoms with E-state index in [-0.39, 0.29) is 45.9 Å². The zero-order chi connectivity index (χ0) is 27.6. The molecule has 2 heterocycles. The highest BCUT2D eigenvalue weighted by Crippen LogP contribution is 2.35. The number of nitrogens with one attached hydrogen (secondary N) is 1. The lowest BCUT2D eigenvalue weighted by Crippen LogP contribution is -2.31. The summed E-state index contributed by atoms with van der Waals surface area (Å²) in [4.78, 5) is 42.5. The zero-order valence-electron chi connectivity index (χ0n) is 19.8. The van der Waals surface area contributed by atoms with Crippen LogP contribution < -0.4 is 5.32 Å². The van der Waals surface area contributed by atoms with Crippen molar-refractivity contribution >= 4 is 57.8 Å². The zero-order valence-corrected chi connectivity index (χ0v) is 21.5. The Balaban J connectivity index is 1.42. The molecule has 0 bridgehead atoms. The number of pyridine rings is 1. The number of phenolic OH excluding ortho intramolecular Hbond substituents is 2. The van der Waals surface area contributed by atoms with Gasteiger partial charge < -0.3 is 25.7 Å². The van der Waals surface area contributed by atoms with Crippen molar-refractivity contribution in [1.29, 1.82) is 0 Å². The minimum absolute atomic E-state index is 0.0204. The van der Waals surface area contributed by atoms with Crippen molar-refractivity contribution in [2.45, 2.75) is 13.3 Å². The summed E-state index contributed by atoms with van der Waals surface area (Å²) in [6.07, 6.45) is 1.50. The van der Waals surface area contributed by atoms with E-state index in [4.69, 9.17) is 17.3 Å². The number of anilines is 1. The number of carboxylic acids is 1. The molecule has 0 saturated carbocycles. The highest BCUT2D eigenvalue weighted by Gasteiger charge is 2.32. The van der Waals surface area contributed by atoms with Crippen molar-refractivity contribution in [3.8, 4) is 28.5 Å². The third kappa shape index (κ3) is 5.76. The van der Waals surface area contributed by atoms with E-state index in [1.165, 1.54) is 23.1 Å². The fourth-order valence-corrected chi connectivity index (χ4v) is 4.95. The number of carbonyl (C=O) groups is 3. The van der Waals surface area contributed by atoms with E-state index < -0.39 is 17.6 Å². The number of aryl methyl sites for hydroxylation is 1. The first kappa shape index (κ1) is 26.6. The Morgan fingerprint density at radius 3 is 2.55 bits per heavy atom. The van der Waals surface area contributed by atoms with Gasteiger partial charge in [0.05, 0.1) is 16.3 Å². The van der Waals surface area contributed by atoms with Crippen LogP contribution in [0.25, 0.3) is 17.3 Å². The summed E-state index contributed by atoms with van der Waals surface area (Å²) in [6.45, 7) is 1.68. The number of aromatic carboxylic acids is 1. The molecule has 0 aliphatic carbocycles. The molecule has 194 valence electrons. The molecular formula is C26H21N3O7S2. The lowest BCUT2D eigenvalue weighted by molar-refractivity contribution is -0.122. The number of rotatable bonds is 7. The maximum Gasteiger partial charge on any atom is 0.339 e.